The van der Waals surface area contributed by atoms with E-state index in [9.17, 15) is 4.79 Å². The molecule has 0 amide bonds. The van der Waals surface area contributed by atoms with Crippen LogP contribution in [0.5, 0.6) is 5.75 Å². The molecule has 1 aromatic carbocycles. The minimum atomic E-state index is 0.324. The molecule has 0 saturated heterocycles. The van der Waals surface area contributed by atoms with Crippen molar-refractivity contribution in [2.24, 2.45) is 0 Å². The Morgan fingerprint density at radius 2 is 2.12 bits per heavy atom. The van der Waals surface area contributed by atoms with E-state index in [0.717, 1.165) is 29.8 Å². The van der Waals surface area contributed by atoms with Crippen LogP contribution in [0, 0.1) is 0 Å². The fourth-order valence-corrected chi connectivity index (χ4v) is 2.75. The Kier molecular flexibility index (Phi) is 4.91. The van der Waals surface area contributed by atoms with Crippen molar-refractivity contribution >= 4 is 12.0 Å². The van der Waals surface area contributed by atoms with Gasteiger partial charge in [0.15, 0.2) is 6.29 Å². The molecule has 2 heterocycles. The second kappa shape index (κ2) is 7.27. The smallest absolute Gasteiger partial charge is 0.153 e. The Balaban J connectivity index is 1.84. The minimum absolute atomic E-state index is 0.324. The Hall–Kier alpha value is -2.66. The largest absolute Gasteiger partial charge is 0.488 e. The van der Waals surface area contributed by atoms with Crippen LogP contribution < -0.4 is 10.2 Å². The molecule has 0 radical (unpaired) electrons. The number of aldehydes is 1. The first-order chi connectivity index (χ1) is 11.7. The normalized spacial score (nSPS) is 14.0. The molecule has 24 heavy (non-hydrogen) atoms. The number of ether oxygens (including phenoxy) is 1. The predicted molar refractivity (Wildman–Crippen MR) is 93.4 cm³/mol. The van der Waals surface area contributed by atoms with Crippen molar-refractivity contribution in [2.45, 2.75) is 26.5 Å². The molecular weight excluding hydrogens is 302 g/mol. The molecule has 0 atom stereocenters. The number of para-hydroxylation sites is 1. The second-order valence-corrected chi connectivity index (χ2v) is 5.87. The Morgan fingerprint density at radius 1 is 1.29 bits per heavy atom. The highest BCUT2D eigenvalue weighted by molar-refractivity contribution is 5.79. The molecular formula is C19H21N3O2. The summed E-state index contributed by atoms with van der Waals surface area (Å²) in [7, 11) is 0. The van der Waals surface area contributed by atoms with E-state index in [1.54, 1.807) is 18.3 Å². The van der Waals surface area contributed by atoms with Crippen LogP contribution >= 0.6 is 0 Å². The number of aromatic nitrogens is 1. The molecule has 2 aromatic rings. The molecule has 5 nitrogen and oxygen atoms in total. The standard InChI is InChI=1S/C19H21N3O2/c1-14(2)22-17(9-11-21-22)19-16(7-5-10-20-19)13-24-18-8-4-3-6-15(18)12-23/h3-10,12,14,21H,11,13H2,1-2H3. The number of carbonyl (C=O) groups excluding carboxylic acids is 1. The Morgan fingerprint density at radius 3 is 2.92 bits per heavy atom. The lowest BCUT2D eigenvalue weighted by molar-refractivity contribution is 0.111. The van der Waals surface area contributed by atoms with Crippen molar-refractivity contribution in [2.75, 3.05) is 6.54 Å². The van der Waals surface area contributed by atoms with Crippen molar-refractivity contribution in [3.8, 4) is 5.75 Å². The highest BCUT2D eigenvalue weighted by atomic mass is 16.5. The number of benzene rings is 1. The molecule has 1 N–H and O–H groups in total. The first kappa shape index (κ1) is 16.2. The molecule has 0 unspecified atom stereocenters. The predicted octanol–water partition coefficient (Wildman–Crippen LogP) is 3.04. The molecule has 5 heteroatoms. The summed E-state index contributed by atoms with van der Waals surface area (Å²) in [6.45, 7) is 5.41. The van der Waals surface area contributed by atoms with Crippen LogP contribution in [0.25, 0.3) is 5.70 Å². The van der Waals surface area contributed by atoms with E-state index in [1.165, 1.54) is 0 Å². The van der Waals surface area contributed by atoms with Gasteiger partial charge in [0.05, 0.1) is 17.0 Å². The van der Waals surface area contributed by atoms with Crippen LogP contribution in [0.2, 0.25) is 0 Å². The zero-order chi connectivity index (χ0) is 16.9. The van der Waals surface area contributed by atoms with Crippen molar-refractivity contribution in [3.63, 3.8) is 0 Å². The second-order valence-electron chi connectivity index (χ2n) is 5.87. The molecule has 0 fully saturated rings. The SMILES string of the molecule is CC(C)N1NCC=C1c1ncccc1COc1ccccc1C=O. The van der Waals surface area contributed by atoms with Crippen molar-refractivity contribution in [1.29, 1.82) is 0 Å². The van der Waals surface area contributed by atoms with Gasteiger partial charge in [-0.05, 0) is 38.1 Å². The monoisotopic (exact) mass is 323 g/mol. The fraction of sp³-hybridized carbons (Fsp3) is 0.263. The summed E-state index contributed by atoms with van der Waals surface area (Å²) in [6, 6.07) is 11.5. The van der Waals surface area contributed by atoms with Crippen molar-refractivity contribution in [1.82, 2.24) is 15.4 Å². The number of hydrogen-bond donors (Lipinski definition) is 1. The van der Waals surface area contributed by atoms with Gasteiger partial charge in [0.1, 0.15) is 12.4 Å². The van der Waals surface area contributed by atoms with E-state index >= 15 is 0 Å². The lowest BCUT2D eigenvalue weighted by Gasteiger charge is -2.27. The molecule has 0 spiro atoms. The first-order valence-electron chi connectivity index (χ1n) is 8.05. The third-order valence-electron chi connectivity index (χ3n) is 3.90. The number of pyridine rings is 1. The Labute approximate surface area is 141 Å². The van der Waals surface area contributed by atoms with Gasteiger partial charge in [0.25, 0.3) is 0 Å². The third kappa shape index (κ3) is 3.31. The van der Waals surface area contributed by atoms with E-state index in [-0.39, 0.29) is 0 Å². The van der Waals surface area contributed by atoms with E-state index < -0.39 is 0 Å². The number of rotatable bonds is 6. The molecule has 1 aromatic heterocycles. The lowest BCUT2D eigenvalue weighted by Crippen LogP contribution is -2.37. The summed E-state index contributed by atoms with van der Waals surface area (Å²) in [5.41, 5.74) is 6.84. The van der Waals surface area contributed by atoms with Crippen molar-refractivity contribution < 1.29 is 9.53 Å². The maximum atomic E-state index is 11.1. The van der Waals surface area contributed by atoms with Gasteiger partial charge in [0, 0.05) is 24.3 Å². The fourth-order valence-electron chi connectivity index (χ4n) is 2.75. The topological polar surface area (TPSA) is 54.5 Å². The van der Waals surface area contributed by atoms with Gasteiger partial charge in [0.2, 0.25) is 0 Å². The zero-order valence-electron chi connectivity index (χ0n) is 13.9. The number of hydrogen-bond acceptors (Lipinski definition) is 5. The molecule has 1 aliphatic rings. The highest BCUT2D eigenvalue weighted by Crippen LogP contribution is 2.25. The quantitative estimate of drug-likeness (QED) is 0.828. The summed E-state index contributed by atoms with van der Waals surface area (Å²) in [5, 5.41) is 2.12. The van der Waals surface area contributed by atoms with Gasteiger partial charge >= 0.3 is 0 Å². The van der Waals surface area contributed by atoms with E-state index in [2.05, 4.69) is 35.3 Å². The number of hydrazine groups is 1. The maximum absolute atomic E-state index is 11.1. The minimum Gasteiger partial charge on any atom is -0.488 e. The summed E-state index contributed by atoms with van der Waals surface area (Å²) in [4.78, 5) is 15.7. The van der Waals surface area contributed by atoms with Gasteiger partial charge in [-0.25, -0.2) is 5.43 Å². The number of nitrogens with one attached hydrogen (secondary N) is 1. The van der Waals surface area contributed by atoms with Crippen LogP contribution in [0.1, 0.15) is 35.5 Å². The maximum Gasteiger partial charge on any atom is 0.153 e. The molecule has 1 aliphatic heterocycles. The molecule has 3 rings (SSSR count). The number of nitrogens with zero attached hydrogens (tertiary/aromatic N) is 2. The Bertz CT molecular complexity index is 756. The number of carbonyl (C=O) groups is 1. The lowest BCUT2D eigenvalue weighted by atomic mass is 10.1. The summed E-state index contributed by atoms with van der Waals surface area (Å²) < 4.78 is 5.87. The van der Waals surface area contributed by atoms with Gasteiger partial charge < -0.3 is 9.75 Å². The highest BCUT2D eigenvalue weighted by Gasteiger charge is 2.22. The van der Waals surface area contributed by atoms with Crippen LogP contribution in [-0.4, -0.2) is 28.9 Å². The average molecular weight is 323 g/mol. The van der Waals surface area contributed by atoms with Gasteiger partial charge in [-0.2, -0.15) is 0 Å². The van der Waals surface area contributed by atoms with Gasteiger partial charge in [-0.15, -0.1) is 0 Å². The summed E-state index contributed by atoms with van der Waals surface area (Å²) in [6.07, 6.45) is 4.73. The van der Waals surface area contributed by atoms with E-state index in [4.69, 9.17) is 4.74 Å². The van der Waals surface area contributed by atoms with Crippen LogP contribution in [0.15, 0.2) is 48.7 Å². The van der Waals surface area contributed by atoms with Crippen molar-refractivity contribution in [3.05, 3.63) is 65.5 Å². The van der Waals surface area contributed by atoms with Crippen LogP contribution in [-0.2, 0) is 6.61 Å². The van der Waals surface area contributed by atoms with Crippen LogP contribution in [0.4, 0.5) is 0 Å². The van der Waals surface area contributed by atoms with Crippen LogP contribution in [0.3, 0.4) is 0 Å². The van der Waals surface area contributed by atoms with E-state index in [1.807, 2.05) is 24.3 Å². The molecule has 0 bridgehead atoms. The van der Waals surface area contributed by atoms with Gasteiger partial charge in [-0.3, -0.25) is 9.78 Å². The molecule has 0 aliphatic carbocycles. The first-order valence-corrected chi connectivity index (χ1v) is 8.05. The summed E-state index contributed by atoms with van der Waals surface area (Å²) in [5.74, 6) is 0.585. The van der Waals surface area contributed by atoms with Gasteiger partial charge in [-0.1, -0.05) is 18.2 Å². The molecule has 124 valence electrons. The molecule has 0 saturated carbocycles. The third-order valence-corrected chi connectivity index (χ3v) is 3.90. The zero-order valence-corrected chi connectivity index (χ0v) is 13.9. The van der Waals surface area contributed by atoms with E-state index in [0.29, 0.717) is 24.0 Å². The summed E-state index contributed by atoms with van der Waals surface area (Å²) >= 11 is 0. The average Bonchev–Trinajstić information content (AvgIpc) is 3.10.